The molecule has 1 aromatic heterocycles. The van der Waals surface area contributed by atoms with Crippen LogP contribution in [0.2, 0.25) is 5.02 Å². The van der Waals surface area contributed by atoms with Crippen molar-refractivity contribution in [1.82, 2.24) is 10.2 Å². The van der Waals surface area contributed by atoms with Crippen LogP contribution in [0.15, 0.2) is 61.5 Å². The fourth-order valence-corrected chi connectivity index (χ4v) is 3.32. The summed E-state index contributed by atoms with van der Waals surface area (Å²) in [7, 11) is 1.52. The van der Waals surface area contributed by atoms with Gasteiger partial charge >= 0.3 is 5.97 Å². The van der Waals surface area contributed by atoms with Gasteiger partial charge in [0.15, 0.2) is 0 Å². The summed E-state index contributed by atoms with van der Waals surface area (Å²) < 4.78 is 11.6. The second-order valence-electron chi connectivity index (χ2n) is 5.18. The summed E-state index contributed by atoms with van der Waals surface area (Å²) in [5.41, 5.74) is 1.29. The molecule has 6 nitrogen and oxygen atoms in total. The summed E-state index contributed by atoms with van der Waals surface area (Å²) in [6.07, 6.45) is 1.49. The molecular weight excluding hydrogens is 456 g/mol. The molecule has 0 amide bonds. The van der Waals surface area contributed by atoms with Crippen LogP contribution in [0.1, 0.15) is 5.56 Å². The van der Waals surface area contributed by atoms with Crippen LogP contribution in [-0.2, 0) is 4.79 Å². The predicted octanol–water partition coefficient (Wildman–Crippen LogP) is 5.38. The maximum absolute atomic E-state index is 11.7. The van der Waals surface area contributed by atoms with Crippen LogP contribution in [0.3, 0.4) is 0 Å². The van der Waals surface area contributed by atoms with Crippen molar-refractivity contribution < 1.29 is 19.1 Å². The molecule has 3 aromatic rings. The zero-order valence-electron chi connectivity index (χ0n) is 13.8. The quantitative estimate of drug-likeness (QED) is 0.385. The molecule has 3 rings (SSSR count). The number of nitrogens with zero attached hydrogens (tertiary/aromatic N) is 2. The highest BCUT2D eigenvalue weighted by atomic mass is 79.9. The molecule has 0 aliphatic heterocycles. The smallest absolute Gasteiger partial charge is 0.342 e. The number of hydrogen-bond donors (Lipinski definition) is 1. The van der Waals surface area contributed by atoms with Gasteiger partial charge < -0.3 is 14.3 Å². The Labute approximate surface area is 172 Å². The van der Waals surface area contributed by atoms with Crippen LogP contribution in [0.25, 0.3) is 17.5 Å². The number of methoxy groups -OCH3 is 1. The molecule has 0 saturated carbocycles. The number of halogens is 2. The van der Waals surface area contributed by atoms with E-state index in [1.807, 2.05) is 0 Å². The second-order valence-corrected chi connectivity index (χ2v) is 7.53. The number of carboxylic acids is 1. The molecule has 0 spiro atoms. The number of hydrogen-bond acceptors (Lipinski definition) is 6. The van der Waals surface area contributed by atoms with E-state index in [2.05, 4.69) is 26.1 Å². The van der Waals surface area contributed by atoms with E-state index in [4.69, 9.17) is 20.8 Å². The molecule has 138 valence electrons. The van der Waals surface area contributed by atoms with Crippen LogP contribution in [0.5, 0.6) is 5.75 Å². The SMILES string of the molecule is COc1ccc(Br)cc1/C=C(/Sc1nnc(-c2ccc(Cl)cc2)o1)C(=O)O. The zero-order valence-corrected chi connectivity index (χ0v) is 17.0. The number of aromatic nitrogens is 2. The van der Waals surface area contributed by atoms with Gasteiger partial charge in [0.2, 0.25) is 5.89 Å². The van der Waals surface area contributed by atoms with Crippen molar-refractivity contribution in [3.8, 4) is 17.2 Å². The number of benzene rings is 2. The summed E-state index contributed by atoms with van der Waals surface area (Å²) in [6, 6.07) is 12.2. The van der Waals surface area contributed by atoms with E-state index in [1.165, 1.54) is 13.2 Å². The lowest BCUT2D eigenvalue weighted by Gasteiger charge is -2.06. The normalized spacial score (nSPS) is 11.4. The average Bonchev–Trinajstić information content (AvgIpc) is 3.10. The molecule has 0 bridgehead atoms. The summed E-state index contributed by atoms with van der Waals surface area (Å²) in [5.74, 6) is -0.294. The number of thioether (sulfide) groups is 1. The monoisotopic (exact) mass is 466 g/mol. The minimum Gasteiger partial charge on any atom is -0.496 e. The topological polar surface area (TPSA) is 85.5 Å². The molecular formula is C18H12BrClN2O4S. The second kappa shape index (κ2) is 8.60. The van der Waals surface area contributed by atoms with Crippen molar-refractivity contribution in [1.29, 1.82) is 0 Å². The Hall–Kier alpha value is -2.29. The average molecular weight is 468 g/mol. The number of carbonyl (C=O) groups is 1. The highest BCUT2D eigenvalue weighted by molar-refractivity contribution is 9.10. The standard InChI is InChI=1S/C18H12BrClN2O4S/c1-25-14-7-4-12(19)8-11(14)9-15(17(23)24)27-18-22-21-16(26-18)10-2-5-13(20)6-3-10/h2-9H,1H3,(H,23,24)/b15-9+. The van der Waals surface area contributed by atoms with Crippen molar-refractivity contribution in [3.63, 3.8) is 0 Å². The number of carboxylic acid groups (broad SMARTS) is 1. The molecule has 0 aliphatic carbocycles. The third kappa shape index (κ3) is 4.91. The van der Waals surface area contributed by atoms with Gasteiger partial charge in [0, 0.05) is 20.6 Å². The summed E-state index contributed by atoms with van der Waals surface area (Å²) >= 11 is 10.1. The lowest BCUT2D eigenvalue weighted by atomic mass is 10.2. The van der Waals surface area contributed by atoms with Crippen molar-refractivity contribution in [2.45, 2.75) is 5.22 Å². The Morgan fingerprint density at radius 1 is 1.26 bits per heavy atom. The molecule has 0 saturated heterocycles. The van der Waals surface area contributed by atoms with Crippen molar-refractivity contribution in [2.24, 2.45) is 0 Å². The zero-order chi connectivity index (χ0) is 19.4. The van der Waals surface area contributed by atoms with E-state index >= 15 is 0 Å². The van der Waals surface area contributed by atoms with E-state index in [-0.39, 0.29) is 16.0 Å². The van der Waals surface area contributed by atoms with Crippen LogP contribution < -0.4 is 4.74 Å². The van der Waals surface area contributed by atoms with Gasteiger partial charge in [-0.3, -0.25) is 0 Å². The highest BCUT2D eigenvalue weighted by Crippen LogP contribution is 2.33. The Morgan fingerprint density at radius 2 is 2.00 bits per heavy atom. The largest absolute Gasteiger partial charge is 0.496 e. The summed E-state index contributed by atoms with van der Waals surface area (Å²) in [6.45, 7) is 0. The Bertz CT molecular complexity index is 1000. The van der Waals surface area contributed by atoms with Gasteiger partial charge in [0.1, 0.15) is 10.7 Å². The number of ether oxygens (including phenoxy) is 1. The van der Waals surface area contributed by atoms with E-state index in [0.717, 1.165) is 16.2 Å². The van der Waals surface area contributed by atoms with Crippen molar-refractivity contribution in [3.05, 3.63) is 62.4 Å². The van der Waals surface area contributed by atoms with Gasteiger partial charge in [-0.1, -0.05) is 27.5 Å². The Kier molecular flexibility index (Phi) is 6.20. The van der Waals surface area contributed by atoms with Gasteiger partial charge in [-0.25, -0.2) is 4.79 Å². The fourth-order valence-electron chi connectivity index (χ4n) is 2.15. The van der Waals surface area contributed by atoms with Gasteiger partial charge in [0.25, 0.3) is 5.22 Å². The van der Waals surface area contributed by atoms with Crippen LogP contribution in [-0.4, -0.2) is 28.4 Å². The molecule has 0 fully saturated rings. The number of rotatable bonds is 6. The van der Waals surface area contributed by atoms with E-state index in [9.17, 15) is 9.90 Å². The number of aliphatic carboxylic acids is 1. The molecule has 1 heterocycles. The summed E-state index contributed by atoms with van der Waals surface area (Å²) in [5, 5.41) is 18.1. The van der Waals surface area contributed by atoms with Crippen molar-refractivity contribution >= 4 is 51.3 Å². The van der Waals surface area contributed by atoms with E-state index < -0.39 is 5.97 Å². The first-order valence-electron chi connectivity index (χ1n) is 7.52. The first-order valence-corrected chi connectivity index (χ1v) is 9.51. The molecule has 2 aromatic carbocycles. The summed E-state index contributed by atoms with van der Waals surface area (Å²) in [4.78, 5) is 11.7. The van der Waals surface area contributed by atoms with E-state index in [1.54, 1.807) is 42.5 Å². The fraction of sp³-hybridized carbons (Fsp3) is 0.0556. The van der Waals surface area contributed by atoms with Crippen LogP contribution in [0.4, 0.5) is 0 Å². The van der Waals surface area contributed by atoms with Gasteiger partial charge in [-0.15, -0.1) is 10.2 Å². The lowest BCUT2D eigenvalue weighted by Crippen LogP contribution is -1.97. The third-order valence-corrected chi connectivity index (χ3v) is 4.98. The van der Waals surface area contributed by atoms with Gasteiger partial charge in [-0.05, 0) is 60.3 Å². The third-order valence-electron chi connectivity index (χ3n) is 3.38. The molecule has 27 heavy (non-hydrogen) atoms. The Morgan fingerprint density at radius 3 is 2.67 bits per heavy atom. The maximum Gasteiger partial charge on any atom is 0.342 e. The first kappa shape index (κ1) is 19.5. The maximum atomic E-state index is 11.7. The molecule has 1 N–H and O–H groups in total. The predicted molar refractivity (Wildman–Crippen MR) is 107 cm³/mol. The van der Waals surface area contributed by atoms with E-state index in [0.29, 0.717) is 21.9 Å². The van der Waals surface area contributed by atoms with Crippen LogP contribution in [0, 0.1) is 0 Å². The molecule has 0 unspecified atom stereocenters. The minimum atomic E-state index is -1.12. The lowest BCUT2D eigenvalue weighted by molar-refractivity contribution is -0.131. The highest BCUT2D eigenvalue weighted by Gasteiger charge is 2.17. The minimum absolute atomic E-state index is 0.0118. The van der Waals surface area contributed by atoms with Crippen LogP contribution >= 0.6 is 39.3 Å². The van der Waals surface area contributed by atoms with Crippen molar-refractivity contribution in [2.75, 3.05) is 7.11 Å². The molecule has 0 radical (unpaired) electrons. The van der Waals surface area contributed by atoms with Gasteiger partial charge in [0.05, 0.1) is 7.11 Å². The first-order chi connectivity index (χ1) is 13.0. The van der Waals surface area contributed by atoms with Gasteiger partial charge in [-0.2, -0.15) is 0 Å². The molecule has 0 aliphatic rings. The molecule has 0 atom stereocenters. The molecule has 9 heteroatoms. The Balaban J connectivity index is 1.89.